The fourth-order valence-corrected chi connectivity index (χ4v) is 4.16. The summed E-state index contributed by atoms with van der Waals surface area (Å²) in [5, 5.41) is 5.65. The Kier molecular flexibility index (Phi) is 7.12. The molecule has 0 saturated carbocycles. The van der Waals surface area contributed by atoms with Crippen LogP contribution >= 0.6 is 0 Å². The first kappa shape index (κ1) is 23.3. The van der Waals surface area contributed by atoms with Crippen LogP contribution < -0.4 is 25.0 Å². The number of hydrogen-bond acceptors (Lipinski definition) is 9. The van der Waals surface area contributed by atoms with E-state index in [1.54, 1.807) is 43.8 Å². The third-order valence-electron chi connectivity index (χ3n) is 5.89. The maximum absolute atomic E-state index is 12.9. The number of amides is 2. The predicted octanol–water partition coefficient (Wildman–Crippen LogP) is 1.10. The van der Waals surface area contributed by atoms with E-state index in [2.05, 4.69) is 30.4 Å². The average Bonchev–Trinajstić information content (AvgIpc) is 2.88. The van der Waals surface area contributed by atoms with Gasteiger partial charge in [0.15, 0.2) is 11.5 Å². The second-order valence-corrected chi connectivity index (χ2v) is 7.84. The van der Waals surface area contributed by atoms with Crippen LogP contribution in [0.3, 0.4) is 0 Å². The third kappa shape index (κ3) is 4.88. The molecule has 0 aliphatic carbocycles. The van der Waals surface area contributed by atoms with Gasteiger partial charge in [-0.3, -0.25) is 4.90 Å². The monoisotopic (exact) mass is 468 g/mol. The molecule has 0 bridgehead atoms. The Morgan fingerprint density at radius 2 is 1.76 bits per heavy atom. The van der Waals surface area contributed by atoms with Crippen molar-refractivity contribution in [1.82, 2.24) is 25.5 Å². The van der Waals surface area contributed by atoms with Crippen LogP contribution in [0.5, 0.6) is 11.5 Å². The molecule has 180 valence electrons. The first-order chi connectivity index (χ1) is 16.5. The summed E-state index contributed by atoms with van der Waals surface area (Å²) < 4.78 is 15.8. The highest BCUT2D eigenvalue weighted by atomic mass is 16.5. The van der Waals surface area contributed by atoms with Crippen molar-refractivity contribution in [3.8, 4) is 11.5 Å². The van der Waals surface area contributed by atoms with E-state index < -0.39 is 18.0 Å². The number of ether oxygens (including phenoxy) is 3. The number of hydrogen-bond donors (Lipinski definition) is 2. The van der Waals surface area contributed by atoms with Crippen molar-refractivity contribution in [1.29, 1.82) is 0 Å². The second-order valence-electron chi connectivity index (χ2n) is 7.84. The van der Waals surface area contributed by atoms with Gasteiger partial charge in [-0.2, -0.15) is 0 Å². The number of piperazine rings is 1. The molecule has 2 aliphatic rings. The summed E-state index contributed by atoms with van der Waals surface area (Å²) in [5.41, 5.74) is 1.54. The molecule has 2 N–H and O–H groups in total. The van der Waals surface area contributed by atoms with E-state index in [4.69, 9.17) is 14.2 Å². The van der Waals surface area contributed by atoms with Gasteiger partial charge in [-0.25, -0.2) is 19.6 Å². The van der Waals surface area contributed by atoms with Gasteiger partial charge in [-0.05, 0) is 23.8 Å². The number of urea groups is 1. The molecule has 2 amide bonds. The van der Waals surface area contributed by atoms with Gasteiger partial charge >= 0.3 is 12.0 Å². The fraction of sp³-hybridized carbons (Fsp3) is 0.391. The second kappa shape index (κ2) is 10.4. The highest BCUT2D eigenvalue weighted by Crippen LogP contribution is 2.34. The highest BCUT2D eigenvalue weighted by Gasteiger charge is 2.35. The van der Waals surface area contributed by atoms with Crippen LogP contribution in [0.15, 0.2) is 47.9 Å². The molecular formula is C23H28N6O5. The minimum absolute atomic E-state index is 0.350. The van der Waals surface area contributed by atoms with E-state index in [0.29, 0.717) is 40.8 Å². The van der Waals surface area contributed by atoms with Gasteiger partial charge in [0, 0.05) is 50.8 Å². The molecule has 34 heavy (non-hydrogen) atoms. The van der Waals surface area contributed by atoms with Gasteiger partial charge in [0.25, 0.3) is 0 Å². The van der Waals surface area contributed by atoms with Gasteiger partial charge in [0.05, 0.1) is 32.9 Å². The smallest absolute Gasteiger partial charge is 0.338 e. The summed E-state index contributed by atoms with van der Waals surface area (Å²) in [5.74, 6) is 1.23. The fourth-order valence-electron chi connectivity index (χ4n) is 4.16. The number of methoxy groups -OCH3 is 3. The molecule has 0 spiro atoms. The summed E-state index contributed by atoms with van der Waals surface area (Å²) in [6.07, 6.45) is 3.45. The molecule has 11 heteroatoms. The zero-order chi connectivity index (χ0) is 24.1. The minimum atomic E-state index is -0.699. The Balaban J connectivity index is 1.58. The molecule has 1 fully saturated rings. The molecule has 11 nitrogen and oxygen atoms in total. The van der Waals surface area contributed by atoms with Crippen molar-refractivity contribution in [3.05, 3.63) is 53.5 Å². The lowest BCUT2D eigenvalue weighted by Crippen LogP contribution is -2.52. The van der Waals surface area contributed by atoms with Crippen LogP contribution in [0.25, 0.3) is 0 Å². The summed E-state index contributed by atoms with van der Waals surface area (Å²) in [7, 11) is 4.41. The van der Waals surface area contributed by atoms with Crippen LogP contribution in [0.1, 0.15) is 11.6 Å². The minimum Gasteiger partial charge on any atom is -0.493 e. The Bertz CT molecular complexity index is 1070. The first-order valence-electron chi connectivity index (χ1n) is 10.9. The van der Waals surface area contributed by atoms with Gasteiger partial charge < -0.3 is 29.7 Å². The number of carbonyl (C=O) groups excluding carboxylic acids is 2. The van der Waals surface area contributed by atoms with E-state index in [9.17, 15) is 9.59 Å². The van der Waals surface area contributed by atoms with Gasteiger partial charge in [0.2, 0.25) is 5.95 Å². The summed E-state index contributed by atoms with van der Waals surface area (Å²) in [6.45, 7) is 3.30. The predicted molar refractivity (Wildman–Crippen MR) is 124 cm³/mol. The van der Waals surface area contributed by atoms with Crippen molar-refractivity contribution >= 4 is 17.9 Å². The molecule has 2 aromatic rings. The summed E-state index contributed by atoms with van der Waals surface area (Å²) in [6, 6.07) is 5.97. The number of aromatic nitrogens is 2. The number of nitrogens with zero attached hydrogens (tertiary/aromatic N) is 4. The Morgan fingerprint density at radius 3 is 2.41 bits per heavy atom. The van der Waals surface area contributed by atoms with Crippen molar-refractivity contribution in [2.75, 3.05) is 59.0 Å². The van der Waals surface area contributed by atoms with Gasteiger partial charge in [0.1, 0.15) is 0 Å². The van der Waals surface area contributed by atoms with Crippen molar-refractivity contribution in [3.63, 3.8) is 0 Å². The van der Waals surface area contributed by atoms with Crippen LogP contribution in [-0.2, 0) is 9.53 Å². The number of esters is 1. The molecule has 4 rings (SSSR count). The van der Waals surface area contributed by atoms with Crippen LogP contribution in [-0.4, -0.2) is 80.9 Å². The zero-order valence-corrected chi connectivity index (χ0v) is 19.4. The Hall–Kier alpha value is -3.86. The summed E-state index contributed by atoms with van der Waals surface area (Å²) >= 11 is 0. The van der Waals surface area contributed by atoms with E-state index in [0.717, 1.165) is 26.2 Å². The number of anilines is 1. The standard InChI is InChI=1S/C23H28N6O5/c1-32-17-6-5-15(13-18(17)33-2)20-19(21(30)34-3)16(26-23(31)27-20)14-28-9-11-29(12-10-28)22-24-7-4-8-25-22/h4-8,13,20H,9-12,14H2,1-3H3,(H2,26,27,31)/t20-/m0/s1. The first-order valence-corrected chi connectivity index (χ1v) is 10.9. The van der Waals surface area contributed by atoms with E-state index in [1.165, 1.54) is 14.2 Å². The van der Waals surface area contributed by atoms with Crippen LogP contribution in [0.4, 0.5) is 10.7 Å². The molecular weight excluding hydrogens is 440 g/mol. The third-order valence-corrected chi connectivity index (χ3v) is 5.89. The molecule has 0 unspecified atom stereocenters. The number of carbonyl (C=O) groups is 2. The lowest BCUT2D eigenvalue weighted by atomic mass is 9.94. The molecule has 1 atom stereocenters. The molecule has 1 aromatic heterocycles. The molecule has 1 aromatic carbocycles. The van der Waals surface area contributed by atoms with Crippen molar-refractivity contribution in [2.45, 2.75) is 6.04 Å². The topological polar surface area (TPSA) is 118 Å². The Morgan fingerprint density at radius 1 is 1.06 bits per heavy atom. The molecule has 2 aliphatic heterocycles. The number of rotatable bonds is 7. The molecule has 0 radical (unpaired) electrons. The quantitative estimate of drug-likeness (QED) is 0.576. The SMILES string of the molecule is COC(=O)C1=C(CN2CCN(c3ncccn3)CC2)NC(=O)N[C@H]1c1ccc(OC)c(OC)c1. The Labute approximate surface area is 197 Å². The normalized spacial score (nSPS) is 18.7. The largest absolute Gasteiger partial charge is 0.493 e. The van der Waals surface area contributed by atoms with Gasteiger partial charge in [-0.1, -0.05) is 6.07 Å². The molecule has 1 saturated heterocycles. The van der Waals surface area contributed by atoms with E-state index in [-0.39, 0.29) is 0 Å². The molecule has 3 heterocycles. The lowest BCUT2D eigenvalue weighted by molar-refractivity contribution is -0.136. The maximum Gasteiger partial charge on any atom is 0.338 e. The van der Waals surface area contributed by atoms with Gasteiger partial charge in [-0.15, -0.1) is 0 Å². The van der Waals surface area contributed by atoms with E-state index >= 15 is 0 Å². The summed E-state index contributed by atoms with van der Waals surface area (Å²) in [4.78, 5) is 38.3. The highest BCUT2D eigenvalue weighted by molar-refractivity contribution is 5.95. The van der Waals surface area contributed by atoms with Crippen LogP contribution in [0, 0.1) is 0 Å². The number of benzene rings is 1. The average molecular weight is 469 g/mol. The zero-order valence-electron chi connectivity index (χ0n) is 19.4. The number of nitrogens with one attached hydrogen (secondary N) is 2. The maximum atomic E-state index is 12.9. The van der Waals surface area contributed by atoms with Crippen molar-refractivity contribution in [2.24, 2.45) is 0 Å². The van der Waals surface area contributed by atoms with Crippen LogP contribution in [0.2, 0.25) is 0 Å². The lowest BCUT2D eigenvalue weighted by Gasteiger charge is -2.37. The van der Waals surface area contributed by atoms with Crippen molar-refractivity contribution < 1.29 is 23.8 Å². The van der Waals surface area contributed by atoms with E-state index in [1.807, 2.05) is 0 Å².